The van der Waals surface area contributed by atoms with Gasteiger partial charge in [0.1, 0.15) is 5.69 Å². The number of H-pyrrole nitrogens is 1. The van der Waals surface area contributed by atoms with Gasteiger partial charge in [0.2, 0.25) is 0 Å². The molecule has 0 aliphatic carbocycles. The van der Waals surface area contributed by atoms with Crippen LogP contribution in [0.15, 0.2) is 12.1 Å². The van der Waals surface area contributed by atoms with Crippen LogP contribution in [0.4, 0.5) is 0 Å². The Morgan fingerprint density at radius 2 is 1.84 bits per heavy atom. The molecule has 2 rings (SSSR count). The third kappa shape index (κ3) is 3.66. The van der Waals surface area contributed by atoms with Gasteiger partial charge in [-0.3, -0.25) is 0 Å². The Balaban J connectivity index is 2.72. The van der Waals surface area contributed by atoms with Crippen molar-refractivity contribution in [1.29, 1.82) is 0 Å². The molecule has 4 N–H and O–H groups in total. The quantitative estimate of drug-likeness (QED) is 0.371. The van der Waals surface area contributed by atoms with Gasteiger partial charge in [-0.2, -0.15) is 0 Å². The maximum absolute atomic E-state index is 12.1. The van der Waals surface area contributed by atoms with E-state index >= 15 is 0 Å². The first-order chi connectivity index (χ1) is 12.0. The number of aromatic nitrogens is 1. The van der Waals surface area contributed by atoms with E-state index in [1.807, 2.05) is 22.6 Å². The van der Waals surface area contributed by atoms with E-state index in [1.54, 1.807) is 19.1 Å². The first kappa shape index (κ1) is 19.7. The molecule has 0 spiro atoms. The van der Waals surface area contributed by atoms with Gasteiger partial charge in [-0.15, -0.1) is 0 Å². The fourth-order valence-corrected chi connectivity index (χ4v) is 3.59. The minimum Gasteiger partial charge on any atom is -0.482 e. The predicted molar refractivity (Wildman–Crippen MR) is 99.2 cm³/mol. The molecule has 1 aromatic carbocycles. The molecular weight excluding hydrogens is 441 g/mol. The number of hydrogen-bond acceptors (Lipinski definition) is 6. The predicted octanol–water partition coefficient (Wildman–Crippen LogP) is 1.95. The molecule has 7 nitrogen and oxygen atoms in total. The Kier molecular flexibility index (Phi) is 6.82. The molecule has 0 aliphatic heterocycles. The van der Waals surface area contributed by atoms with E-state index in [9.17, 15) is 20.1 Å². The molecule has 0 atom stereocenters. The second-order valence-corrected chi connectivity index (χ2v) is 6.23. The summed E-state index contributed by atoms with van der Waals surface area (Å²) in [5.41, 5.74) is 2.92. The van der Waals surface area contributed by atoms with E-state index in [0.717, 1.165) is 0 Å². The lowest BCUT2D eigenvalue weighted by atomic mass is 9.93. The van der Waals surface area contributed by atoms with Crippen LogP contribution < -0.4 is 4.74 Å². The van der Waals surface area contributed by atoms with E-state index in [4.69, 9.17) is 9.47 Å². The van der Waals surface area contributed by atoms with Crippen LogP contribution in [0.25, 0.3) is 11.1 Å². The van der Waals surface area contributed by atoms with Crippen molar-refractivity contribution in [3.05, 3.63) is 38.1 Å². The highest BCUT2D eigenvalue weighted by atomic mass is 127. The van der Waals surface area contributed by atoms with E-state index in [1.165, 1.54) is 7.11 Å². The summed E-state index contributed by atoms with van der Waals surface area (Å²) >= 11 is 2.01. The number of aromatic amines is 1. The molecule has 0 unspecified atom stereocenters. The number of ether oxygens (including phenoxy) is 2. The monoisotopic (exact) mass is 461 g/mol. The Bertz CT molecular complexity index is 771. The SMILES string of the molecule is CCOC(=O)c1[nH]c(OC)c(-c2ccc(CO)c(CO)c2CO)c1I. The van der Waals surface area contributed by atoms with Crippen molar-refractivity contribution in [3.8, 4) is 17.0 Å². The smallest absolute Gasteiger partial charge is 0.355 e. The molecule has 136 valence electrons. The summed E-state index contributed by atoms with van der Waals surface area (Å²) in [5, 5.41) is 28.9. The molecule has 2 aromatic rings. The van der Waals surface area contributed by atoms with Gasteiger partial charge in [0.25, 0.3) is 0 Å². The molecule has 0 bridgehead atoms. The molecule has 8 heteroatoms. The largest absolute Gasteiger partial charge is 0.482 e. The summed E-state index contributed by atoms with van der Waals surface area (Å²) in [6.45, 7) is 1.05. The minimum absolute atomic E-state index is 0.243. The number of carbonyl (C=O) groups is 1. The molecule has 25 heavy (non-hydrogen) atoms. The van der Waals surface area contributed by atoms with Crippen LogP contribution in [0.5, 0.6) is 5.88 Å². The fourth-order valence-electron chi connectivity index (χ4n) is 2.69. The summed E-state index contributed by atoms with van der Waals surface area (Å²) in [4.78, 5) is 15.0. The van der Waals surface area contributed by atoms with Crippen molar-refractivity contribution >= 4 is 28.6 Å². The van der Waals surface area contributed by atoms with E-state index in [0.29, 0.717) is 37.3 Å². The molecule has 0 aliphatic rings. The van der Waals surface area contributed by atoms with Gasteiger partial charge in [-0.25, -0.2) is 4.79 Å². The van der Waals surface area contributed by atoms with Gasteiger partial charge >= 0.3 is 5.97 Å². The van der Waals surface area contributed by atoms with E-state index in [2.05, 4.69) is 4.98 Å². The van der Waals surface area contributed by atoms with Crippen LogP contribution in [-0.4, -0.2) is 40.0 Å². The van der Waals surface area contributed by atoms with Crippen molar-refractivity contribution in [3.63, 3.8) is 0 Å². The fraction of sp³-hybridized carbons (Fsp3) is 0.353. The third-order valence-corrected chi connectivity index (χ3v) is 4.95. The molecule has 0 saturated heterocycles. The Labute approximate surface area is 158 Å². The number of benzene rings is 1. The lowest BCUT2D eigenvalue weighted by Crippen LogP contribution is -2.07. The number of nitrogens with one attached hydrogen (secondary N) is 1. The number of aliphatic hydroxyl groups excluding tert-OH is 3. The molecule has 0 saturated carbocycles. The summed E-state index contributed by atoms with van der Waals surface area (Å²) in [7, 11) is 1.47. The van der Waals surface area contributed by atoms with Gasteiger partial charge in [0.15, 0.2) is 5.88 Å². The average molecular weight is 461 g/mol. The Morgan fingerprint density at radius 3 is 2.36 bits per heavy atom. The van der Waals surface area contributed by atoms with Crippen molar-refractivity contribution < 1.29 is 29.6 Å². The number of halogens is 1. The second-order valence-electron chi connectivity index (χ2n) is 5.15. The maximum Gasteiger partial charge on any atom is 0.355 e. The first-order valence-corrected chi connectivity index (χ1v) is 8.70. The summed E-state index contributed by atoms with van der Waals surface area (Å²) in [6.07, 6.45) is 0. The van der Waals surface area contributed by atoms with Crippen LogP contribution in [0.2, 0.25) is 0 Å². The number of hydrogen-bond donors (Lipinski definition) is 4. The molecule has 1 heterocycles. The number of aliphatic hydroxyl groups is 3. The van der Waals surface area contributed by atoms with Crippen molar-refractivity contribution in [1.82, 2.24) is 4.98 Å². The van der Waals surface area contributed by atoms with Crippen LogP contribution in [0.3, 0.4) is 0 Å². The molecule has 1 aromatic heterocycles. The summed E-state index contributed by atoms with van der Waals surface area (Å²) < 4.78 is 11.0. The zero-order valence-corrected chi connectivity index (χ0v) is 16.1. The van der Waals surface area contributed by atoms with Crippen LogP contribution in [0.1, 0.15) is 34.1 Å². The van der Waals surface area contributed by atoms with Gasteiger partial charge in [0.05, 0.1) is 42.7 Å². The third-order valence-electron chi connectivity index (χ3n) is 3.87. The molecule has 0 amide bonds. The Morgan fingerprint density at radius 1 is 1.16 bits per heavy atom. The van der Waals surface area contributed by atoms with E-state index < -0.39 is 5.97 Å². The first-order valence-electron chi connectivity index (χ1n) is 7.63. The van der Waals surface area contributed by atoms with Crippen LogP contribution >= 0.6 is 22.6 Å². The number of esters is 1. The van der Waals surface area contributed by atoms with E-state index in [-0.39, 0.29) is 32.1 Å². The summed E-state index contributed by atoms with van der Waals surface area (Å²) in [5.74, 6) is -0.154. The van der Waals surface area contributed by atoms with Gasteiger partial charge in [-0.05, 0) is 51.8 Å². The topological polar surface area (TPSA) is 112 Å². The average Bonchev–Trinajstić information content (AvgIpc) is 2.96. The van der Waals surface area contributed by atoms with Crippen molar-refractivity contribution in [2.24, 2.45) is 0 Å². The van der Waals surface area contributed by atoms with Gasteiger partial charge in [-0.1, -0.05) is 12.1 Å². The Hall–Kier alpha value is -1.62. The normalized spacial score (nSPS) is 10.8. The zero-order valence-electron chi connectivity index (χ0n) is 13.9. The number of carbonyl (C=O) groups excluding carboxylic acids is 1. The lowest BCUT2D eigenvalue weighted by molar-refractivity contribution is 0.0518. The van der Waals surface area contributed by atoms with Crippen molar-refractivity contribution in [2.75, 3.05) is 13.7 Å². The maximum atomic E-state index is 12.1. The van der Waals surface area contributed by atoms with Gasteiger partial charge in [0, 0.05) is 0 Å². The molecular formula is C17H20INO6. The lowest BCUT2D eigenvalue weighted by Gasteiger charge is -2.16. The highest BCUT2D eigenvalue weighted by molar-refractivity contribution is 14.1. The van der Waals surface area contributed by atoms with Crippen molar-refractivity contribution in [2.45, 2.75) is 26.7 Å². The highest BCUT2D eigenvalue weighted by Gasteiger charge is 2.26. The number of methoxy groups -OCH3 is 1. The standard InChI is InChI=1S/C17H20INO6/c1-3-25-17(23)15-14(18)13(16(19-15)24-2)10-5-4-9(6-20)11(7-21)12(10)8-22/h4-5,19-22H,3,6-8H2,1-2H3. The second kappa shape index (κ2) is 8.65. The zero-order chi connectivity index (χ0) is 18.6. The molecule has 0 radical (unpaired) electrons. The minimum atomic E-state index is -0.503. The highest BCUT2D eigenvalue weighted by Crippen LogP contribution is 2.40. The molecule has 0 fully saturated rings. The summed E-state index contributed by atoms with van der Waals surface area (Å²) in [6, 6.07) is 3.39. The number of rotatable bonds is 7. The van der Waals surface area contributed by atoms with Gasteiger partial charge < -0.3 is 29.8 Å². The van der Waals surface area contributed by atoms with Crippen LogP contribution in [-0.2, 0) is 24.6 Å². The van der Waals surface area contributed by atoms with Crippen LogP contribution in [0, 0.1) is 3.57 Å².